The summed E-state index contributed by atoms with van der Waals surface area (Å²) in [5.41, 5.74) is 2.53. The maximum absolute atomic E-state index is 12.6. The van der Waals surface area contributed by atoms with E-state index in [1.807, 2.05) is 13.0 Å². The molecule has 0 atom stereocenters. The van der Waals surface area contributed by atoms with Crippen LogP contribution in [0.15, 0.2) is 47.4 Å². The average molecular weight is 468 g/mol. The molecule has 2 aromatic carbocycles. The molecule has 0 fully saturated rings. The zero-order chi connectivity index (χ0) is 23.4. The zero-order valence-corrected chi connectivity index (χ0v) is 20.0. The Morgan fingerprint density at radius 2 is 1.52 bits per heavy atom. The summed E-state index contributed by atoms with van der Waals surface area (Å²) in [5, 5.41) is 2.63. The lowest BCUT2D eigenvalue weighted by atomic mass is 10.1. The summed E-state index contributed by atoms with van der Waals surface area (Å²) in [5.74, 6) is -0.537. The van der Waals surface area contributed by atoms with Crippen LogP contribution in [-0.2, 0) is 24.8 Å². The van der Waals surface area contributed by atoms with Gasteiger partial charge in [0.25, 0.3) is 0 Å². The lowest BCUT2D eigenvalue weighted by Crippen LogP contribution is -2.37. The maximum Gasteiger partial charge on any atom is 0.245 e. The Balaban J connectivity index is 2.20. The van der Waals surface area contributed by atoms with Crippen LogP contribution in [0, 0.1) is 13.8 Å². The number of aryl methyl sites for hydroxylation is 2. The minimum Gasteiger partial charge on any atom is -0.325 e. The molecular formula is C21H29N3O5S2. The average Bonchev–Trinajstić information content (AvgIpc) is 2.67. The van der Waals surface area contributed by atoms with Crippen molar-refractivity contribution >= 4 is 37.3 Å². The van der Waals surface area contributed by atoms with Crippen molar-refractivity contribution in [3.05, 3.63) is 53.6 Å². The van der Waals surface area contributed by atoms with Crippen molar-refractivity contribution < 1.29 is 21.6 Å². The normalized spacial score (nSPS) is 12.1. The third-order valence-electron chi connectivity index (χ3n) is 4.79. The molecule has 0 aliphatic carbocycles. The van der Waals surface area contributed by atoms with Crippen molar-refractivity contribution in [2.75, 3.05) is 35.5 Å². The van der Waals surface area contributed by atoms with Gasteiger partial charge in [0.15, 0.2) is 0 Å². The second-order valence-electron chi connectivity index (χ2n) is 7.22. The molecule has 10 heteroatoms. The molecular weight excluding hydrogens is 438 g/mol. The highest BCUT2D eigenvalue weighted by molar-refractivity contribution is 7.92. The van der Waals surface area contributed by atoms with Gasteiger partial charge in [0.05, 0.1) is 16.8 Å². The minimum atomic E-state index is -3.69. The predicted molar refractivity (Wildman–Crippen MR) is 123 cm³/mol. The van der Waals surface area contributed by atoms with Gasteiger partial charge < -0.3 is 5.32 Å². The van der Waals surface area contributed by atoms with E-state index in [0.29, 0.717) is 24.5 Å². The topological polar surface area (TPSA) is 104 Å². The van der Waals surface area contributed by atoms with Crippen LogP contribution in [-0.4, -0.2) is 52.9 Å². The van der Waals surface area contributed by atoms with Crippen LogP contribution < -0.4 is 9.62 Å². The summed E-state index contributed by atoms with van der Waals surface area (Å²) >= 11 is 0. The Kier molecular flexibility index (Phi) is 7.85. The number of hydrogen-bond acceptors (Lipinski definition) is 5. The number of sulfonamides is 2. The molecule has 170 valence electrons. The summed E-state index contributed by atoms with van der Waals surface area (Å²) in [6, 6.07) is 11.1. The van der Waals surface area contributed by atoms with E-state index in [1.165, 1.54) is 28.6 Å². The second kappa shape index (κ2) is 9.80. The van der Waals surface area contributed by atoms with Crippen LogP contribution in [0.3, 0.4) is 0 Å². The van der Waals surface area contributed by atoms with E-state index in [9.17, 15) is 21.6 Å². The smallest absolute Gasteiger partial charge is 0.245 e. The number of amides is 1. The molecule has 0 radical (unpaired) electrons. The van der Waals surface area contributed by atoms with Gasteiger partial charge in [-0.2, -0.15) is 4.31 Å². The molecule has 0 aromatic heterocycles. The fourth-order valence-electron chi connectivity index (χ4n) is 3.22. The van der Waals surface area contributed by atoms with E-state index in [4.69, 9.17) is 0 Å². The van der Waals surface area contributed by atoms with Crippen molar-refractivity contribution in [1.82, 2.24) is 4.31 Å². The molecule has 0 unspecified atom stereocenters. The molecule has 0 bridgehead atoms. The van der Waals surface area contributed by atoms with Crippen molar-refractivity contribution in [2.45, 2.75) is 32.6 Å². The molecule has 8 nitrogen and oxygen atoms in total. The van der Waals surface area contributed by atoms with Gasteiger partial charge in [-0.3, -0.25) is 9.10 Å². The highest BCUT2D eigenvalue weighted by Crippen LogP contribution is 2.24. The second-order valence-corrected chi connectivity index (χ2v) is 11.1. The van der Waals surface area contributed by atoms with Crippen LogP contribution in [0.2, 0.25) is 0 Å². The van der Waals surface area contributed by atoms with Crippen LogP contribution >= 0.6 is 0 Å². The molecule has 0 heterocycles. The van der Waals surface area contributed by atoms with E-state index in [0.717, 1.165) is 21.7 Å². The number of benzene rings is 2. The number of nitrogens with one attached hydrogen (secondary N) is 1. The van der Waals surface area contributed by atoms with Crippen molar-refractivity contribution in [3.8, 4) is 0 Å². The number of carbonyl (C=O) groups is 1. The maximum atomic E-state index is 12.6. The number of nitrogens with zero attached hydrogens (tertiary/aromatic N) is 2. The van der Waals surface area contributed by atoms with E-state index < -0.39 is 32.5 Å². The fraction of sp³-hybridized carbons (Fsp3) is 0.381. The number of carbonyl (C=O) groups excluding carboxylic acids is 1. The summed E-state index contributed by atoms with van der Waals surface area (Å²) in [6.07, 6.45) is 1.05. The van der Waals surface area contributed by atoms with Gasteiger partial charge >= 0.3 is 0 Å². The summed E-state index contributed by atoms with van der Waals surface area (Å²) in [4.78, 5) is 12.7. The fourth-order valence-corrected chi connectivity index (χ4v) is 5.59. The SMILES string of the molecule is CCN(CC)S(=O)(=O)c1ccc(NC(=O)CN(c2ccc(C)cc2C)S(C)(=O)=O)cc1. The Hall–Kier alpha value is -2.43. The van der Waals surface area contributed by atoms with Gasteiger partial charge in [-0.25, -0.2) is 16.8 Å². The van der Waals surface area contributed by atoms with Gasteiger partial charge in [0.1, 0.15) is 6.54 Å². The van der Waals surface area contributed by atoms with E-state index in [1.54, 1.807) is 32.9 Å². The molecule has 0 saturated heterocycles. The van der Waals surface area contributed by atoms with Gasteiger partial charge in [-0.05, 0) is 49.7 Å². The van der Waals surface area contributed by atoms with Gasteiger partial charge in [-0.15, -0.1) is 0 Å². The van der Waals surface area contributed by atoms with Crippen molar-refractivity contribution in [1.29, 1.82) is 0 Å². The Morgan fingerprint density at radius 1 is 0.935 bits per heavy atom. The standard InChI is InChI=1S/C21H29N3O5S2/c1-6-23(7-2)31(28,29)19-11-9-18(10-12-19)22-21(25)15-24(30(5,26)27)20-13-8-16(3)14-17(20)4/h8-14H,6-7,15H2,1-5H3,(H,22,25). The molecule has 1 amide bonds. The number of rotatable bonds is 9. The lowest BCUT2D eigenvalue weighted by molar-refractivity contribution is -0.114. The minimum absolute atomic E-state index is 0.127. The Bertz CT molecular complexity index is 1140. The third-order valence-corrected chi connectivity index (χ3v) is 7.98. The number of hydrogen-bond donors (Lipinski definition) is 1. The highest BCUT2D eigenvalue weighted by Gasteiger charge is 2.23. The van der Waals surface area contributed by atoms with Crippen molar-refractivity contribution in [3.63, 3.8) is 0 Å². The third kappa shape index (κ3) is 6.05. The molecule has 0 spiro atoms. The number of anilines is 2. The monoisotopic (exact) mass is 467 g/mol. The molecule has 0 aliphatic rings. The van der Waals surface area contributed by atoms with Crippen molar-refractivity contribution in [2.24, 2.45) is 0 Å². The largest absolute Gasteiger partial charge is 0.325 e. The molecule has 2 aromatic rings. The first kappa shape index (κ1) is 24.8. The van der Waals surface area contributed by atoms with Gasteiger partial charge in [0.2, 0.25) is 26.0 Å². The summed E-state index contributed by atoms with van der Waals surface area (Å²) in [7, 11) is -7.29. The summed E-state index contributed by atoms with van der Waals surface area (Å²) < 4.78 is 52.1. The molecule has 1 N–H and O–H groups in total. The summed E-state index contributed by atoms with van der Waals surface area (Å²) in [6.45, 7) is 7.53. The Morgan fingerprint density at radius 3 is 2.00 bits per heavy atom. The molecule has 31 heavy (non-hydrogen) atoms. The molecule has 0 saturated carbocycles. The first-order valence-electron chi connectivity index (χ1n) is 9.85. The van der Waals surface area contributed by atoms with Crippen LogP contribution in [0.25, 0.3) is 0 Å². The highest BCUT2D eigenvalue weighted by atomic mass is 32.2. The zero-order valence-electron chi connectivity index (χ0n) is 18.4. The first-order valence-corrected chi connectivity index (χ1v) is 13.1. The van der Waals surface area contributed by atoms with Gasteiger partial charge in [-0.1, -0.05) is 31.5 Å². The molecule has 2 rings (SSSR count). The van der Waals surface area contributed by atoms with E-state index in [2.05, 4.69) is 5.32 Å². The van der Waals surface area contributed by atoms with E-state index >= 15 is 0 Å². The quantitative estimate of drug-likeness (QED) is 0.611. The lowest BCUT2D eigenvalue weighted by Gasteiger charge is -2.24. The van der Waals surface area contributed by atoms with Crippen LogP contribution in [0.5, 0.6) is 0 Å². The van der Waals surface area contributed by atoms with Crippen LogP contribution in [0.4, 0.5) is 11.4 Å². The van der Waals surface area contributed by atoms with Crippen LogP contribution in [0.1, 0.15) is 25.0 Å². The van der Waals surface area contributed by atoms with E-state index in [-0.39, 0.29) is 4.90 Å². The van der Waals surface area contributed by atoms with Gasteiger partial charge in [0, 0.05) is 18.8 Å². The predicted octanol–water partition coefficient (Wildman–Crippen LogP) is 2.74. The first-order chi connectivity index (χ1) is 14.4. The molecule has 0 aliphatic heterocycles. The Labute approximate surface area is 185 Å².